The van der Waals surface area contributed by atoms with E-state index in [9.17, 15) is 0 Å². The Kier molecular flexibility index (Phi) is 8.19. The van der Waals surface area contributed by atoms with E-state index in [-0.39, 0.29) is 0 Å². The predicted molar refractivity (Wildman–Crippen MR) is 246 cm³/mol. The van der Waals surface area contributed by atoms with Crippen LogP contribution in [0.1, 0.15) is 0 Å². The van der Waals surface area contributed by atoms with Crippen molar-refractivity contribution in [1.82, 2.24) is 0 Å². The van der Waals surface area contributed by atoms with Crippen molar-refractivity contribution in [3.63, 3.8) is 0 Å². The van der Waals surface area contributed by atoms with Crippen LogP contribution < -0.4 is 9.80 Å². The number of hydrogen-bond donors (Lipinski definition) is 0. The number of rotatable bonds is 7. The SMILES string of the molecule is c1ccc(-c2cc(-c3ccccc3)cc(N(c3ccccc3)c3ccc(-c4cc5c(c6ccccc46)N(c4ccccc4)c4cccc6cccc-5c46)cc3)c2)cc1. The van der Waals surface area contributed by atoms with Crippen molar-refractivity contribution >= 4 is 55.7 Å². The zero-order valence-electron chi connectivity index (χ0n) is 31.8. The Morgan fingerprint density at radius 1 is 0.310 bits per heavy atom. The molecule has 0 amide bonds. The molecule has 272 valence electrons. The molecule has 2 nitrogen and oxygen atoms in total. The maximum atomic E-state index is 2.46. The van der Waals surface area contributed by atoms with Gasteiger partial charge in [0.2, 0.25) is 0 Å². The second-order valence-electron chi connectivity index (χ2n) is 14.9. The lowest BCUT2D eigenvalue weighted by atomic mass is 9.85. The van der Waals surface area contributed by atoms with Gasteiger partial charge in [0.05, 0.1) is 11.4 Å². The summed E-state index contributed by atoms with van der Waals surface area (Å²) in [6, 6.07) is 83.7. The van der Waals surface area contributed by atoms with Crippen molar-refractivity contribution in [2.75, 3.05) is 9.80 Å². The third-order valence-electron chi connectivity index (χ3n) is 11.5. The van der Waals surface area contributed by atoms with Gasteiger partial charge in [-0.1, -0.05) is 164 Å². The molecule has 0 aliphatic carbocycles. The predicted octanol–water partition coefficient (Wildman–Crippen LogP) is 15.9. The fourth-order valence-electron chi connectivity index (χ4n) is 8.89. The highest BCUT2D eigenvalue weighted by atomic mass is 15.2. The van der Waals surface area contributed by atoms with Crippen LogP contribution in [0.25, 0.3) is 66.1 Å². The Labute approximate surface area is 339 Å². The zero-order valence-corrected chi connectivity index (χ0v) is 31.8. The molecule has 0 radical (unpaired) electrons. The molecule has 1 aliphatic heterocycles. The minimum Gasteiger partial charge on any atom is -0.310 e. The summed E-state index contributed by atoms with van der Waals surface area (Å²) in [6.45, 7) is 0. The normalized spacial score (nSPS) is 11.8. The third-order valence-corrected chi connectivity index (χ3v) is 11.5. The molecular weight excluding hydrogens is 701 g/mol. The third kappa shape index (κ3) is 5.74. The van der Waals surface area contributed by atoms with E-state index in [0.29, 0.717) is 0 Å². The number of nitrogens with zero attached hydrogens (tertiary/aromatic N) is 2. The minimum atomic E-state index is 1.09. The van der Waals surface area contributed by atoms with Crippen LogP contribution in [0.4, 0.5) is 34.1 Å². The van der Waals surface area contributed by atoms with Gasteiger partial charge in [-0.05, 0) is 116 Å². The molecule has 0 saturated heterocycles. The average Bonchev–Trinajstić information content (AvgIpc) is 3.30. The van der Waals surface area contributed by atoms with Gasteiger partial charge in [0.15, 0.2) is 0 Å². The van der Waals surface area contributed by atoms with Gasteiger partial charge in [-0.2, -0.15) is 0 Å². The van der Waals surface area contributed by atoms with E-state index in [1.54, 1.807) is 0 Å². The number of fused-ring (bicyclic) bond motifs is 4. The smallest absolute Gasteiger partial charge is 0.0619 e. The lowest BCUT2D eigenvalue weighted by Crippen LogP contribution is -2.15. The van der Waals surface area contributed by atoms with Gasteiger partial charge in [0.25, 0.3) is 0 Å². The molecule has 58 heavy (non-hydrogen) atoms. The van der Waals surface area contributed by atoms with Crippen molar-refractivity contribution in [2.24, 2.45) is 0 Å². The molecule has 0 aromatic heterocycles. The van der Waals surface area contributed by atoms with E-state index < -0.39 is 0 Å². The van der Waals surface area contributed by atoms with E-state index in [1.807, 2.05) is 0 Å². The maximum absolute atomic E-state index is 2.46. The molecule has 2 heteroatoms. The van der Waals surface area contributed by atoms with Crippen LogP contribution in [0.2, 0.25) is 0 Å². The summed E-state index contributed by atoms with van der Waals surface area (Å²) in [5.74, 6) is 0. The number of anilines is 6. The van der Waals surface area contributed by atoms with Crippen LogP contribution in [0.15, 0.2) is 231 Å². The van der Waals surface area contributed by atoms with Crippen molar-refractivity contribution < 1.29 is 0 Å². The Hall–Kier alpha value is -7.68. The number of hydrogen-bond acceptors (Lipinski definition) is 2. The molecule has 0 spiro atoms. The van der Waals surface area contributed by atoms with E-state index in [4.69, 9.17) is 0 Å². The first-order valence-electron chi connectivity index (χ1n) is 19.9. The molecule has 10 aromatic rings. The Bertz CT molecular complexity index is 3020. The van der Waals surface area contributed by atoms with Crippen LogP contribution >= 0.6 is 0 Å². The Morgan fingerprint density at radius 2 is 0.862 bits per heavy atom. The van der Waals surface area contributed by atoms with Gasteiger partial charge in [0.1, 0.15) is 0 Å². The van der Waals surface area contributed by atoms with Gasteiger partial charge in [-0.25, -0.2) is 0 Å². The largest absolute Gasteiger partial charge is 0.310 e. The molecule has 11 rings (SSSR count). The summed E-state index contributed by atoms with van der Waals surface area (Å²) in [4.78, 5) is 4.84. The fourth-order valence-corrected chi connectivity index (χ4v) is 8.89. The number of para-hydroxylation sites is 2. The van der Waals surface area contributed by atoms with Gasteiger partial charge in [-0.15, -0.1) is 0 Å². The quantitative estimate of drug-likeness (QED) is 0.161. The monoisotopic (exact) mass is 738 g/mol. The fraction of sp³-hybridized carbons (Fsp3) is 0. The standard InChI is InChI=1S/C56H38N2/c1-5-17-39(18-6-1)43-35-44(40-19-7-2-8-20-40)37-48(36-43)57(45-23-9-3-10-24-45)47-33-31-41(32-34-47)52-38-53-50-29-15-21-42-22-16-30-54(55(42)50)58(46-25-11-4-12-26-46)56(53)51-28-14-13-27-49(51)52/h1-38H. The first kappa shape index (κ1) is 33.6. The summed E-state index contributed by atoms with van der Waals surface area (Å²) in [7, 11) is 0. The van der Waals surface area contributed by atoms with Crippen molar-refractivity contribution in [2.45, 2.75) is 0 Å². The van der Waals surface area contributed by atoms with E-state index >= 15 is 0 Å². The summed E-state index contributed by atoms with van der Waals surface area (Å²) >= 11 is 0. The van der Waals surface area contributed by atoms with Crippen LogP contribution in [-0.4, -0.2) is 0 Å². The Balaban J connectivity index is 1.09. The van der Waals surface area contributed by atoms with Crippen LogP contribution in [0.5, 0.6) is 0 Å². The molecule has 0 unspecified atom stereocenters. The van der Waals surface area contributed by atoms with E-state index in [0.717, 1.165) is 22.7 Å². The number of benzene rings is 10. The topological polar surface area (TPSA) is 6.48 Å². The lowest BCUT2D eigenvalue weighted by molar-refractivity contribution is 1.28. The van der Waals surface area contributed by atoms with Crippen LogP contribution in [-0.2, 0) is 0 Å². The van der Waals surface area contributed by atoms with Gasteiger partial charge in [0, 0.05) is 39.1 Å². The lowest BCUT2D eigenvalue weighted by Gasteiger charge is -2.35. The van der Waals surface area contributed by atoms with Crippen molar-refractivity contribution in [1.29, 1.82) is 0 Å². The van der Waals surface area contributed by atoms with Gasteiger partial charge >= 0.3 is 0 Å². The van der Waals surface area contributed by atoms with Crippen LogP contribution in [0.3, 0.4) is 0 Å². The van der Waals surface area contributed by atoms with Crippen LogP contribution in [0, 0.1) is 0 Å². The highest BCUT2D eigenvalue weighted by Crippen LogP contribution is 2.55. The first-order valence-corrected chi connectivity index (χ1v) is 19.9. The summed E-state index contributed by atoms with van der Waals surface area (Å²) in [5.41, 5.74) is 16.5. The molecule has 0 atom stereocenters. The highest BCUT2D eigenvalue weighted by molar-refractivity contribution is 6.21. The average molecular weight is 739 g/mol. The summed E-state index contributed by atoms with van der Waals surface area (Å²) < 4.78 is 0. The first-order chi connectivity index (χ1) is 28.8. The van der Waals surface area contributed by atoms with E-state index in [2.05, 4.69) is 240 Å². The Morgan fingerprint density at radius 3 is 1.52 bits per heavy atom. The molecule has 0 N–H and O–H groups in total. The molecule has 1 aliphatic rings. The minimum absolute atomic E-state index is 1.09. The van der Waals surface area contributed by atoms with E-state index in [1.165, 1.54) is 77.4 Å². The van der Waals surface area contributed by atoms with Crippen molar-refractivity contribution in [3.8, 4) is 44.5 Å². The molecule has 0 saturated carbocycles. The molecule has 0 bridgehead atoms. The molecular formula is C56H38N2. The highest BCUT2D eigenvalue weighted by Gasteiger charge is 2.29. The second kappa shape index (κ2) is 14.1. The van der Waals surface area contributed by atoms with Crippen molar-refractivity contribution in [3.05, 3.63) is 231 Å². The summed E-state index contributed by atoms with van der Waals surface area (Å²) in [6.07, 6.45) is 0. The molecule has 10 aromatic carbocycles. The summed E-state index contributed by atoms with van der Waals surface area (Å²) in [5, 5.41) is 4.98. The second-order valence-corrected chi connectivity index (χ2v) is 14.9. The zero-order chi connectivity index (χ0) is 38.4. The maximum Gasteiger partial charge on any atom is 0.0619 e. The molecule has 1 heterocycles. The molecule has 0 fully saturated rings. The van der Waals surface area contributed by atoms with Gasteiger partial charge in [-0.3, -0.25) is 0 Å². The van der Waals surface area contributed by atoms with Gasteiger partial charge < -0.3 is 9.80 Å².